The quantitative estimate of drug-likeness (QED) is 0.169. The van der Waals surface area contributed by atoms with E-state index in [2.05, 4.69) is 231 Å². The van der Waals surface area contributed by atoms with E-state index in [0.717, 1.165) is 11.4 Å². The summed E-state index contributed by atoms with van der Waals surface area (Å²) >= 11 is 0. The molecule has 2 nitrogen and oxygen atoms in total. The summed E-state index contributed by atoms with van der Waals surface area (Å²) in [6, 6.07) is 72.4. The number of rotatable bonds is 5. The highest BCUT2D eigenvalue weighted by Crippen LogP contribution is 2.58. The van der Waals surface area contributed by atoms with Gasteiger partial charge in [0.05, 0.1) is 22.4 Å². The lowest BCUT2D eigenvalue weighted by atomic mass is 9.82. The minimum atomic E-state index is -0.131. The smallest absolute Gasteiger partial charge is 0.0543 e. The Labute approximate surface area is 351 Å². The molecule has 2 aliphatic rings. The molecule has 0 amide bonds. The van der Waals surface area contributed by atoms with E-state index in [9.17, 15) is 0 Å². The molecule has 2 aliphatic carbocycles. The van der Waals surface area contributed by atoms with Crippen LogP contribution in [0.15, 0.2) is 194 Å². The number of nitrogens with zero attached hydrogens (tertiary/aromatic N) is 2. The van der Waals surface area contributed by atoms with Gasteiger partial charge in [-0.25, -0.2) is 0 Å². The van der Waals surface area contributed by atoms with Gasteiger partial charge in [0.25, 0.3) is 0 Å². The third-order valence-corrected chi connectivity index (χ3v) is 13.8. The standard InChI is InChI=1S/C58H44N2/c1-57(2)47-24-12-8-22-43(47)55-49(57)26-16-30-53(55)59(54-31-17-27-50-56(54)44-23-9-13-25-48(44)58(50,3)4)39-33-32-38-34-40(36-45(46(38)35-39)37-18-6-5-7-19-37)60-51-28-14-10-20-41(51)42-21-11-15-29-52(42)60/h5-36H,1-4H3. The maximum absolute atomic E-state index is 2.57. The molecule has 9 aromatic carbocycles. The summed E-state index contributed by atoms with van der Waals surface area (Å²) in [4.78, 5) is 2.57. The molecule has 0 fully saturated rings. The van der Waals surface area contributed by atoms with Gasteiger partial charge in [0, 0.05) is 44.1 Å². The van der Waals surface area contributed by atoms with Gasteiger partial charge in [-0.2, -0.15) is 0 Å². The maximum atomic E-state index is 2.57. The molecule has 0 radical (unpaired) electrons. The van der Waals surface area contributed by atoms with Crippen LogP contribution >= 0.6 is 0 Å². The Bertz CT molecular complexity index is 3220. The number of anilines is 3. The van der Waals surface area contributed by atoms with Crippen molar-refractivity contribution in [2.45, 2.75) is 38.5 Å². The number of hydrogen-bond donors (Lipinski definition) is 0. The van der Waals surface area contributed by atoms with Gasteiger partial charge in [-0.1, -0.05) is 173 Å². The topological polar surface area (TPSA) is 8.17 Å². The molecule has 0 atom stereocenters. The highest BCUT2D eigenvalue weighted by molar-refractivity contribution is 6.10. The monoisotopic (exact) mass is 768 g/mol. The van der Waals surface area contributed by atoms with Crippen molar-refractivity contribution in [2.24, 2.45) is 0 Å². The van der Waals surface area contributed by atoms with E-state index in [1.807, 2.05) is 0 Å². The van der Waals surface area contributed by atoms with Crippen molar-refractivity contribution in [1.29, 1.82) is 0 Å². The molecule has 10 aromatic rings. The molecule has 1 heterocycles. The van der Waals surface area contributed by atoms with Crippen LogP contribution in [0.4, 0.5) is 17.1 Å². The molecule has 0 unspecified atom stereocenters. The van der Waals surface area contributed by atoms with Crippen molar-refractivity contribution in [3.63, 3.8) is 0 Å². The second-order valence-electron chi connectivity index (χ2n) is 17.7. The molecule has 0 saturated carbocycles. The first-order chi connectivity index (χ1) is 29.3. The third kappa shape index (κ3) is 4.82. The van der Waals surface area contributed by atoms with Gasteiger partial charge >= 0.3 is 0 Å². The summed E-state index contributed by atoms with van der Waals surface area (Å²) < 4.78 is 2.44. The van der Waals surface area contributed by atoms with Crippen molar-refractivity contribution in [3.8, 4) is 39.1 Å². The van der Waals surface area contributed by atoms with Crippen LogP contribution in [0.5, 0.6) is 0 Å². The fourth-order valence-corrected chi connectivity index (χ4v) is 10.9. The Morgan fingerprint density at radius 2 is 0.883 bits per heavy atom. The average molecular weight is 769 g/mol. The molecule has 2 heteroatoms. The number of benzene rings is 9. The van der Waals surface area contributed by atoms with Gasteiger partial charge < -0.3 is 9.47 Å². The molecule has 0 bridgehead atoms. The van der Waals surface area contributed by atoms with Crippen LogP contribution in [0.25, 0.3) is 71.6 Å². The van der Waals surface area contributed by atoms with Crippen molar-refractivity contribution >= 4 is 49.6 Å². The highest BCUT2D eigenvalue weighted by Gasteiger charge is 2.40. The van der Waals surface area contributed by atoms with Crippen LogP contribution in [0, 0.1) is 0 Å². The molecule has 1 aromatic heterocycles. The number of para-hydroxylation sites is 2. The average Bonchev–Trinajstić information content (AvgIpc) is 3.84. The minimum Gasteiger partial charge on any atom is -0.309 e. The fraction of sp³-hybridized carbons (Fsp3) is 0.103. The Balaban J connectivity index is 1.16. The normalized spacial score (nSPS) is 14.3. The number of hydrogen-bond acceptors (Lipinski definition) is 1. The van der Waals surface area contributed by atoms with E-state index in [1.54, 1.807) is 0 Å². The van der Waals surface area contributed by atoms with E-state index < -0.39 is 0 Å². The van der Waals surface area contributed by atoms with Crippen LogP contribution in [-0.4, -0.2) is 4.57 Å². The summed E-state index contributed by atoms with van der Waals surface area (Å²) in [7, 11) is 0. The first kappa shape index (κ1) is 34.8. The van der Waals surface area contributed by atoms with E-state index in [4.69, 9.17) is 0 Å². The van der Waals surface area contributed by atoms with Gasteiger partial charge in [0.2, 0.25) is 0 Å². The maximum Gasteiger partial charge on any atom is 0.0543 e. The molecule has 0 aliphatic heterocycles. The van der Waals surface area contributed by atoms with Crippen LogP contribution in [0.3, 0.4) is 0 Å². The zero-order chi connectivity index (χ0) is 40.3. The predicted octanol–water partition coefficient (Wildman–Crippen LogP) is 15.7. The Morgan fingerprint density at radius 1 is 0.383 bits per heavy atom. The Morgan fingerprint density at radius 3 is 1.47 bits per heavy atom. The Kier molecular flexibility index (Phi) is 7.36. The van der Waals surface area contributed by atoms with Crippen molar-refractivity contribution in [2.75, 3.05) is 4.90 Å². The largest absolute Gasteiger partial charge is 0.309 e. The van der Waals surface area contributed by atoms with Gasteiger partial charge in [0.1, 0.15) is 0 Å². The van der Waals surface area contributed by atoms with E-state index in [1.165, 1.54) is 99.6 Å². The fourth-order valence-electron chi connectivity index (χ4n) is 10.9. The third-order valence-electron chi connectivity index (χ3n) is 13.8. The van der Waals surface area contributed by atoms with Crippen LogP contribution in [-0.2, 0) is 10.8 Å². The van der Waals surface area contributed by atoms with Gasteiger partial charge in [-0.3, -0.25) is 0 Å². The molecule has 12 rings (SSSR count). The molecular weight excluding hydrogens is 725 g/mol. The second-order valence-corrected chi connectivity index (χ2v) is 17.7. The molecule has 0 N–H and O–H groups in total. The lowest BCUT2D eigenvalue weighted by Crippen LogP contribution is -2.17. The number of aromatic nitrogens is 1. The van der Waals surface area contributed by atoms with Gasteiger partial charge in [-0.15, -0.1) is 0 Å². The minimum absolute atomic E-state index is 0.131. The summed E-state index contributed by atoms with van der Waals surface area (Å²) in [6.45, 7) is 9.51. The van der Waals surface area contributed by atoms with Gasteiger partial charge in [0.15, 0.2) is 0 Å². The van der Waals surface area contributed by atoms with Gasteiger partial charge in [-0.05, 0) is 104 Å². The van der Waals surface area contributed by atoms with Crippen LogP contribution in [0.1, 0.15) is 49.9 Å². The zero-order valence-electron chi connectivity index (χ0n) is 34.4. The first-order valence-corrected chi connectivity index (χ1v) is 21.2. The van der Waals surface area contributed by atoms with E-state index in [-0.39, 0.29) is 10.8 Å². The van der Waals surface area contributed by atoms with Crippen molar-refractivity contribution < 1.29 is 0 Å². The summed E-state index contributed by atoms with van der Waals surface area (Å²) in [5.41, 5.74) is 20.0. The lowest BCUT2D eigenvalue weighted by molar-refractivity contribution is 0.660. The van der Waals surface area contributed by atoms with Crippen molar-refractivity contribution in [1.82, 2.24) is 4.57 Å². The lowest BCUT2D eigenvalue weighted by Gasteiger charge is -2.31. The Hall–Kier alpha value is -7.16. The second kappa shape index (κ2) is 12.7. The molecule has 60 heavy (non-hydrogen) atoms. The zero-order valence-corrected chi connectivity index (χ0v) is 34.4. The molecular formula is C58H44N2. The molecule has 0 saturated heterocycles. The first-order valence-electron chi connectivity index (χ1n) is 21.2. The van der Waals surface area contributed by atoms with Crippen molar-refractivity contribution in [3.05, 3.63) is 216 Å². The summed E-state index contributed by atoms with van der Waals surface area (Å²) in [5, 5.41) is 4.95. The van der Waals surface area contributed by atoms with Crippen LogP contribution in [0.2, 0.25) is 0 Å². The molecule has 286 valence electrons. The highest BCUT2D eigenvalue weighted by atomic mass is 15.1. The van der Waals surface area contributed by atoms with E-state index in [0.29, 0.717) is 0 Å². The predicted molar refractivity (Wildman–Crippen MR) is 254 cm³/mol. The number of fused-ring (bicyclic) bond motifs is 10. The molecule has 0 spiro atoms. The van der Waals surface area contributed by atoms with E-state index >= 15 is 0 Å². The SMILES string of the molecule is CC1(C)c2ccccc2-c2c(N(c3ccc4cc(-n5c6ccccc6c6ccccc65)cc(-c5ccccc5)c4c3)c3cccc4c3-c3ccccc3C4(C)C)cccc21. The summed E-state index contributed by atoms with van der Waals surface area (Å²) in [5.74, 6) is 0. The summed E-state index contributed by atoms with van der Waals surface area (Å²) in [6.07, 6.45) is 0. The van der Waals surface area contributed by atoms with Crippen LogP contribution < -0.4 is 4.90 Å².